The van der Waals surface area contributed by atoms with Gasteiger partial charge in [-0.1, -0.05) is 34.9 Å². The lowest BCUT2D eigenvalue weighted by molar-refractivity contribution is -0.163. The molecule has 16 heteroatoms. The average Bonchev–Trinajstić information content (AvgIpc) is 3.02. The summed E-state index contributed by atoms with van der Waals surface area (Å²) in [5.74, 6) is -2.84. The van der Waals surface area contributed by atoms with Gasteiger partial charge in [0.15, 0.2) is 5.40 Å². The molecule has 0 aliphatic heterocycles. The van der Waals surface area contributed by atoms with Crippen LogP contribution in [0.3, 0.4) is 0 Å². The fraction of sp³-hybridized carbons (Fsp3) is 0.750. The van der Waals surface area contributed by atoms with E-state index in [1.165, 1.54) is 11.1 Å². The number of hydrogen-bond donors (Lipinski definition) is 0. The first kappa shape index (κ1) is 53.4. The highest BCUT2D eigenvalue weighted by atomic mass is 31.2. The summed E-state index contributed by atoms with van der Waals surface area (Å²) >= 11 is 0. The summed E-state index contributed by atoms with van der Waals surface area (Å²) in [7, 11) is -9.78. The predicted octanol–water partition coefficient (Wildman–Crippen LogP) is 10.8. The molecule has 0 aromatic carbocycles. The van der Waals surface area contributed by atoms with Gasteiger partial charge in [-0.05, 0) is 143 Å². The maximum absolute atomic E-state index is 15.0. The Morgan fingerprint density at radius 2 is 0.732 bits per heavy atom. The van der Waals surface area contributed by atoms with Crippen LogP contribution in [0.15, 0.2) is 34.9 Å². The maximum Gasteiger partial charge on any atom is 0.351 e. The Hall–Kier alpha value is -2.60. The van der Waals surface area contributed by atoms with E-state index in [-0.39, 0.29) is 6.42 Å². The van der Waals surface area contributed by atoms with Crippen molar-refractivity contribution >= 4 is 39.1 Å². The van der Waals surface area contributed by atoms with Crippen LogP contribution in [0.1, 0.15) is 143 Å². The molecule has 0 aromatic rings. The first-order chi connectivity index (χ1) is 25.3. The maximum atomic E-state index is 15.0. The van der Waals surface area contributed by atoms with Gasteiger partial charge in [0.25, 0.3) is 0 Å². The smallest absolute Gasteiger partial charge is 0.351 e. The molecule has 0 bridgehead atoms. The van der Waals surface area contributed by atoms with Gasteiger partial charge in [-0.3, -0.25) is 46.4 Å². The van der Waals surface area contributed by atoms with Crippen LogP contribution in [0.2, 0.25) is 0 Å². The van der Waals surface area contributed by atoms with Crippen molar-refractivity contribution in [1.82, 2.24) is 0 Å². The molecule has 0 unspecified atom stereocenters. The molecule has 0 saturated heterocycles. The van der Waals surface area contributed by atoms with Gasteiger partial charge >= 0.3 is 39.1 Å². The fourth-order valence-corrected chi connectivity index (χ4v) is 8.52. The summed E-state index contributed by atoms with van der Waals surface area (Å²) < 4.78 is 73.5. The van der Waals surface area contributed by atoms with E-state index >= 15 is 0 Å². The van der Waals surface area contributed by atoms with Crippen LogP contribution in [0, 0.1) is 21.7 Å². The van der Waals surface area contributed by atoms with E-state index in [4.69, 9.17) is 37.0 Å². The molecule has 0 saturated carbocycles. The van der Waals surface area contributed by atoms with Crippen molar-refractivity contribution in [1.29, 1.82) is 0 Å². The zero-order valence-corrected chi connectivity index (χ0v) is 38.6. The molecule has 0 aliphatic carbocycles. The lowest BCUT2D eigenvalue weighted by Gasteiger charge is -2.31. The van der Waals surface area contributed by atoms with E-state index in [1.54, 1.807) is 89.2 Å². The molecule has 0 N–H and O–H groups in total. The fourth-order valence-electron chi connectivity index (χ4n) is 3.97. The zero-order valence-electron chi connectivity index (χ0n) is 36.8. The molecule has 0 heterocycles. The number of ether oxygens (including phenoxy) is 4. The lowest BCUT2D eigenvalue weighted by atomic mass is 9.98. The standard InChI is InChI=1S/C40H70O14P2/c1-29(2)19-17-20-30(3)21-18-22-31(4)23-24-32(55(45,51-25-47-33(41)37(5,6)7)52-26-48-34(42)38(8,9)10)56(46,53-27-49-35(43)39(11,12)13)54-28-50-36(44)40(14,15)16/h19,21,23,32H,17-18,20,22,24-28H2,1-16H3/b30-21+,31-23+. The number of rotatable bonds is 22. The molecular weight excluding hydrogens is 766 g/mol. The van der Waals surface area contributed by atoms with Crippen molar-refractivity contribution in [3.8, 4) is 0 Å². The van der Waals surface area contributed by atoms with E-state index in [0.29, 0.717) is 12.8 Å². The highest BCUT2D eigenvalue weighted by Crippen LogP contribution is 2.71. The summed E-state index contributed by atoms with van der Waals surface area (Å²) in [6.07, 6.45) is 8.70. The SMILES string of the molecule is CC(C)=CCC/C(C)=C/CC/C(C)=C/CC(P(=O)(OCOC(=O)C(C)(C)C)OCOC(=O)C(C)(C)C)P(=O)(OCOC(=O)C(C)(C)C)OCOC(=O)C(C)(C)C. The third-order valence-corrected chi connectivity index (χ3v) is 13.1. The van der Waals surface area contributed by atoms with Crippen molar-refractivity contribution in [3.05, 3.63) is 34.9 Å². The minimum atomic E-state index is -4.89. The van der Waals surface area contributed by atoms with Crippen LogP contribution >= 0.6 is 15.2 Å². The Labute approximate surface area is 335 Å². The quantitative estimate of drug-likeness (QED) is 0.0331. The van der Waals surface area contributed by atoms with E-state index in [2.05, 4.69) is 32.9 Å². The van der Waals surface area contributed by atoms with Gasteiger partial charge in [0, 0.05) is 0 Å². The van der Waals surface area contributed by atoms with Crippen molar-refractivity contribution in [2.75, 3.05) is 27.2 Å². The van der Waals surface area contributed by atoms with Gasteiger partial charge in [0.1, 0.15) is 0 Å². The Bertz CT molecular complexity index is 1340. The van der Waals surface area contributed by atoms with Crippen molar-refractivity contribution in [2.45, 2.75) is 148 Å². The molecule has 0 aromatic heterocycles. The molecule has 0 radical (unpaired) electrons. The molecule has 0 aliphatic rings. The van der Waals surface area contributed by atoms with Crippen LogP contribution in [-0.2, 0) is 65.4 Å². The summed E-state index contributed by atoms with van der Waals surface area (Å²) in [5, 5.41) is -1.85. The number of esters is 4. The molecule has 56 heavy (non-hydrogen) atoms. The van der Waals surface area contributed by atoms with Crippen molar-refractivity contribution in [2.24, 2.45) is 21.7 Å². The second-order valence-electron chi connectivity index (χ2n) is 18.0. The number of carbonyl (C=O) groups is 4. The van der Waals surface area contributed by atoms with Crippen LogP contribution in [-0.4, -0.2) is 56.4 Å². The van der Waals surface area contributed by atoms with Gasteiger partial charge in [-0.15, -0.1) is 0 Å². The second-order valence-corrected chi connectivity index (χ2v) is 22.8. The average molecular weight is 837 g/mol. The first-order valence-electron chi connectivity index (χ1n) is 18.8. The Kier molecular flexibility index (Phi) is 22.0. The molecule has 0 fully saturated rings. The molecule has 0 spiro atoms. The van der Waals surface area contributed by atoms with Gasteiger partial charge < -0.3 is 18.9 Å². The van der Waals surface area contributed by atoms with Crippen LogP contribution < -0.4 is 0 Å². The van der Waals surface area contributed by atoms with Gasteiger partial charge in [0.05, 0.1) is 21.7 Å². The lowest BCUT2D eigenvalue weighted by Crippen LogP contribution is -2.28. The first-order valence-corrected chi connectivity index (χ1v) is 22.0. The topological polar surface area (TPSA) is 176 Å². The van der Waals surface area contributed by atoms with E-state index < -0.39 is 93.3 Å². The monoisotopic (exact) mass is 836 g/mol. The molecule has 0 amide bonds. The third-order valence-electron chi connectivity index (χ3n) is 7.67. The van der Waals surface area contributed by atoms with Gasteiger partial charge in [-0.2, -0.15) is 0 Å². The second kappa shape index (κ2) is 23.1. The summed E-state index contributed by atoms with van der Waals surface area (Å²) in [5.41, 5.74) is -0.603. The Balaban J connectivity index is 7.12. The van der Waals surface area contributed by atoms with Crippen molar-refractivity contribution < 1.29 is 65.4 Å². The number of carbonyl (C=O) groups excluding carboxylic acids is 4. The van der Waals surface area contributed by atoms with E-state index in [9.17, 15) is 28.3 Å². The predicted molar refractivity (Wildman–Crippen MR) is 215 cm³/mol. The summed E-state index contributed by atoms with van der Waals surface area (Å²) in [6.45, 7) is 23.5. The van der Waals surface area contributed by atoms with Crippen LogP contribution in [0.5, 0.6) is 0 Å². The number of allylic oxidation sites excluding steroid dienone is 6. The highest BCUT2D eigenvalue weighted by molar-refractivity contribution is 7.72. The highest BCUT2D eigenvalue weighted by Gasteiger charge is 2.52. The normalized spacial score (nSPS) is 13.7. The molecule has 14 nitrogen and oxygen atoms in total. The molecular formula is C40H70O14P2. The Morgan fingerprint density at radius 1 is 0.464 bits per heavy atom. The molecule has 0 rings (SSSR count). The summed E-state index contributed by atoms with van der Waals surface area (Å²) in [6, 6.07) is 0. The van der Waals surface area contributed by atoms with Crippen molar-refractivity contribution in [3.63, 3.8) is 0 Å². The minimum absolute atomic E-state index is 0.343. The minimum Gasteiger partial charge on any atom is -0.438 e. The largest absolute Gasteiger partial charge is 0.438 e. The van der Waals surface area contributed by atoms with Gasteiger partial charge in [-0.25, -0.2) is 0 Å². The van der Waals surface area contributed by atoms with Crippen LogP contribution in [0.25, 0.3) is 0 Å². The Morgan fingerprint density at radius 3 is 1.00 bits per heavy atom. The van der Waals surface area contributed by atoms with Crippen LogP contribution in [0.4, 0.5) is 0 Å². The molecule has 0 atom stereocenters. The third kappa shape index (κ3) is 21.2. The zero-order chi connectivity index (χ0) is 43.8. The van der Waals surface area contributed by atoms with Gasteiger partial charge in [0.2, 0.25) is 27.2 Å². The number of hydrogen-bond acceptors (Lipinski definition) is 14. The van der Waals surface area contributed by atoms with E-state index in [0.717, 1.165) is 18.4 Å². The molecule has 324 valence electrons. The summed E-state index contributed by atoms with van der Waals surface area (Å²) in [4.78, 5) is 50.5. The van der Waals surface area contributed by atoms with E-state index in [1.807, 2.05) is 6.92 Å².